The maximum Gasteiger partial charge on any atom is 0.175 e. The number of benzene rings is 1. The fourth-order valence-electron chi connectivity index (χ4n) is 1.75. The summed E-state index contributed by atoms with van der Waals surface area (Å²) >= 11 is 0. The Hall–Kier alpha value is -2.96. The van der Waals surface area contributed by atoms with E-state index in [2.05, 4.69) is 25.4 Å². The van der Waals surface area contributed by atoms with Gasteiger partial charge in [0.05, 0.1) is 11.2 Å². The molecule has 0 saturated heterocycles. The topological polar surface area (TPSA) is 118 Å². The van der Waals surface area contributed by atoms with Crippen molar-refractivity contribution >= 4 is 33.9 Å². The summed E-state index contributed by atoms with van der Waals surface area (Å²) in [5.74, 6) is 0.513. The van der Waals surface area contributed by atoms with Gasteiger partial charge in [0.1, 0.15) is 5.82 Å². The van der Waals surface area contributed by atoms with Crippen LogP contribution in [0, 0.1) is 0 Å². The van der Waals surface area contributed by atoms with Crippen LogP contribution in [0.5, 0.6) is 0 Å². The number of nitrogens with zero attached hydrogens (tertiary/aromatic N) is 4. The molecular weight excluding hydrogens is 242 g/mol. The van der Waals surface area contributed by atoms with Crippen molar-refractivity contribution in [3.05, 3.63) is 36.5 Å². The predicted molar refractivity (Wildman–Crippen MR) is 73.3 cm³/mol. The molecule has 0 spiro atoms. The van der Waals surface area contributed by atoms with Gasteiger partial charge in [0, 0.05) is 11.6 Å². The summed E-state index contributed by atoms with van der Waals surface area (Å²) in [5, 5.41) is 15.4. The van der Waals surface area contributed by atoms with Crippen molar-refractivity contribution < 1.29 is 0 Å². The molecule has 2 heterocycles. The third kappa shape index (κ3) is 1.97. The minimum absolute atomic E-state index is 0.222. The highest BCUT2D eigenvalue weighted by molar-refractivity contribution is 5.89. The second-order valence-corrected chi connectivity index (χ2v) is 3.92. The molecule has 1 aromatic carbocycles. The Morgan fingerprint density at radius 1 is 1.05 bits per heavy atom. The second-order valence-electron chi connectivity index (χ2n) is 3.92. The monoisotopic (exact) mass is 253 g/mol. The van der Waals surface area contributed by atoms with Gasteiger partial charge in [0.2, 0.25) is 0 Å². The maximum atomic E-state index is 5.65. The molecule has 94 valence electrons. The largest absolute Gasteiger partial charge is 0.382 e. The number of hydrogen-bond donors (Lipinski definition) is 3. The van der Waals surface area contributed by atoms with E-state index >= 15 is 0 Å². The fourth-order valence-corrected chi connectivity index (χ4v) is 1.75. The normalized spacial score (nSPS) is 11.4. The summed E-state index contributed by atoms with van der Waals surface area (Å²) < 4.78 is 0. The van der Waals surface area contributed by atoms with E-state index in [-0.39, 0.29) is 5.82 Å². The number of aromatic amines is 1. The first-order chi connectivity index (χ1) is 9.25. The quantitative estimate of drug-likeness (QED) is 0.608. The van der Waals surface area contributed by atoms with Gasteiger partial charge in [0.25, 0.3) is 0 Å². The molecule has 5 N–H and O–H groups in total. The van der Waals surface area contributed by atoms with Gasteiger partial charge in [-0.3, -0.25) is 10.1 Å². The zero-order chi connectivity index (χ0) is 13.2. The van der Waals surface area contributed by atoms with Gasteiger partial charge >= 0.3 is 0 Å². The summed E-state index contributed by atoms with van der Waals surface area (Å²) in [4.78, 5) is 4.25. The Labute approximate surface area is 108 Å². The molecule has 2 aromatic heterocycles. The van der Waals surface area contributed by atoms with Crippen LogP contribution >= 0.6 is 0 Å². The molecule has 3 aromatic rings. The third-order valence-electron chi connectivity index (χ3n) is 2.67. The molecule has 7 nitrogen and oxygen atoms in total. The zero-order valence-electron chi connectivity index (χ0n) is 9.91. The zero-order valence-corrected chi connectivity index (χ0v) is 9.91. The van der Waals surface area contributed by atoms with Gasteiger partial charge < -0.3 is 11.5 Å². The second kappa shape index (κ2) is 4.37. The number of anilines is 2. The molecule has 7 heteroatoms. The number of nitrogen functional groups attached to an aromatic ring is 2. The standard InChI is InChI=1S/C12H11N7/c13-11-10(12(14)19-18-11)17-16-9-5-1-4-8-7(9)3-2-6-15-8/h1-6H,(H5,13,14,18,19)/b17-16+. The van der Waals surface area contributed by atoms with Gasteiger partial charge in [-0.25, -0.2) is 0 Å². The number of nitrogens with one attached hydrogen (secondary N) is 1. The number of fused-ring (bicyclic) bond motifs is 1. The maximum absolute atomic E-state index is 5.65. The van der Waals surface area contributed by atoms with Gasteiger partial charge in [-0.15, -0.1) is 10.2 Å². The van der Waals surface area contributed by atoms with Crippen LogP contribution in [-0.4, -0.2) is 15.2 Å². The molecule has 0 atom stereocenters. The van der Waals surface area contributed by atoms with E-state index in [0.717, 1.165) is 10.9 Å². The van der Waals surface area contributed by atoms with Crippen molar-refractivity contribution in [3.8, 4) is 0 Å². The van der Waals surface area contributed by atoms with Crippen LogP contribution in [0.4, 0.5) is 23.0 Å². The van der Waals surface area contributed by atoms with E-state index in [0.29, 0.717) is 17.2 Å². The summed E-state index contributed by atoms with van der Waals surface area (Å²) in [6.45, 7) is 0. The van der Waals surface area contributed by atoms with Crippen LogP contribution in [-0.2, 0) is 0 Å². The number of hydrogen-bond acceptors (Lipinski definition) is 6. The highest BCUT2D eigenvalue weighted by Crippen LogP contribution is 2.30. The first kappa shape index (κ1) is 11.1. The average Bonchev–Trinajstić information content (AvgIpc) is 2.76. The van der Waals surface area contributed by atoms with E-state index < -0.39 is 0 Å². The van der Waals surface area contributed by atoms with Crippen LogP contribution in [0.25, 0.3) is 10.9 Å². The highest BCUT2D eigenvalue weighted by Gasteiger charge is 2.07. The molecule has 19 heavy (non-hydrogen) atoms. The molecular formula is C12H11N7. The number of azo groups is 1. The molecule has 0 radical (unpaired) electrons. The van der Waals surface area contributed by atoms with Crippen LogP contribution in [0.2, 0.25) is 0 Å². The minimum Gasteiger partial charge on any atom is -0.382 e. The van der Waals surface area contributed by atoms with E-state index in [9.17, 15) is 0 Å². The first-order valence-corrected chi connectivity index (χ1v) is 5.60. The van der Waals surface area contributed by atoms with Crippen molar-refractivity contribution in [1.29, 1.82) is 0 Å². The lowest BCUT2D eigenvalue weighted by Gasteiger charge is -1.99. The Bertz CT molecular complexity index is 735. The smallest absolute Gasteiger partial charge is 0.175 e. The van der Waals surface area contributed by atoms with E-state index in [4.69, 9.17) is 11.5 Å². The van der Waals surface area contributed by atoms with Crippen LogP contribution in [0.1, 0.15) is 0 Å². The van der Waals surface area contributed by atoms with Crippen molar-refractivity contribution in [2.24, 2.45) is 10.2 Å². The number of nitrogens with two attached hydrogens (primary N) is 2. The molecule has 0 bridgehead atoms. The van der Waals surface area contributed by atoms with E-state index in [1.54, 1.807) is 6.20 Å². The van der Waals surface area contributed by atoms with E-state index in [1.807, 2.05) is 30.3 Å². The van der Waals surface area contributed by atoms with Crippen molar-refractivity contribution in [1.82, 2.24) is 15.2 Å². The lowest BCUT2D eigenvalue weighted by Crippen LogP contribution is -1.84. The van der Waals surface area contributed by atoms with Crippen LogP contribution in [0.15, 0.2) is 46.8 Å². The molecule has 0 aliphatic heterocycles. The Morgan fingerprint density at radius 2 is 1.95 bits per heavy atom. The average molecular weight is 253 g/mol. The third-order valence-corrected chi connectivity index (χ3v) is 2.67. The molecule has 0 amide bonds. The molecule has 0 aliphatic rings. The summed E-state index contributed by atoms with van der Waals surface area (Å²) in [6.07, 6.45) is 1.73. The predicted octanol–water partition coefficient (Wildman–Crippen LogP) is 2.54. The van der Waals surface area contributed by atoms with Crippen LogP contribution in [0.3, 0.4) is 0 Å². The van der Waals surface area contributed by atoms with Gasteiger partial charge in [-0.05, 0) is 24.3 Å². The molecule has 0 unspecified atom stereocenters. The Morgan fingerprint density at radius 3 is 2.74 bits per heavy atom. The Kier molecular flexibility index (Phi) is 2.57. The summed E-state index contributed by atoms with van der Waals surface area (Å²) in [6, 6.07) is 9.40. The van der Waals surface area contributed by atoms with Crippen molar-refractivity contribution in [2.45, 2.75) is 0 Å². The number of pyridine rings is 1. The Balaban J connectivity index is 2.07. The van der Waals surface area contributed by atoms with Crippen molar-refractivity contribution in [3.63, 3.8) is 0 Å². The van der Waals surface area contributed by atoms with Gasteiger partial charge in [-0.1, -0.05) is 6.07 Å². The molecule has 0 fully saturated rings. The van der Waals surface area contributed by atoms with E-state index in [1.165, 1.54) is 0 Å². The van der Waals surface area contributed by atoms with Crippen LogP contribution < -0.4 is 11.5 Å². The SMILES string of the molecule is Nc1n[nH]c(N)c1/N=N/c1cccc2ncccc12. The summed E-state index contributed by atoms with van der Waals surface area (Å²) in [5.41, 5.74) is 13.2. The number of rotatable bonds is 2. The lowest BCUT2D eigenvalue weighted by atomic mass is 10.2. The molecule has 0 aliphatic carbocycles. The first-order valence-electron chi connectivity index (χ1n) is 5.60. The number of H-pyrrole nitrogens is 1. The minimum atomic E-state index is 0.222. The van der Waals surface area contributed by atoms with Gasteiger partial charge in [0.15, 0.2) is 11.5 Å². The van der Waals surface area contributed by atoms with Crippen molar-refractivity contribution in [2.75, 3.05) is 11.5 Å². The highest BCUT2D eigenvalue weighted by atomic mass is 15.2. The number of aromatic nitrogens is 3. The fraction of sp³-hybridized carbons (Fsp3) is 0. The molecule has 3 rings (SSSR count). The summed E-state index contributed by atoms with van der Waals surface area (Å²) in [7, 11) is 0. The lowest BCUT2D eigenvalue weighted by molar-refractivity contribution is 1.11. The van der Waals surface area contributed by atoms with Gasteiger partial charge in [-0.2, -0.15) is 5.10 Å². The molecule has 0 saturated carbocycles.